The Kier molecular flexibility index (Phi) is 4.55. The Balaban J connectivity index is 1.87. The molecule has 5 nitrogen and oxygen atoms in total. The van der Waals surface area contributed by atoms with Crippen LogP contribution in [0.15, 0.2) is 6.07 Å². The largest absolute Gasteiger partial charge is 0.474 e. The van der Waals surface area contributed by atoms with E-state index >= 15 is 0 Å². The van der Waals surface area contributed by atoms with Crippen LogP contribution >= 0.6 is 11.3 Å². The number of hydrogen-bond acceptors (Lipinski definition) is 6. The molecule has 0 aromatic carbocycles. The zero-order chi connectivity index (χ0) is 14.7. The van der Waals surface area contributed by atoms with Gasteiger partial charge in [0, 0.05) is 18.0 Å². The predicted octanol–water partition coefficient (Wildman–Crippen LogP) is 3.24. The van der Waals surface area contributed by atoms with Gasteiger partial charge in [-0.2, -0.15) is 4.98 Å². The van der Waals surface area contributed by atoms with Crippen molar-refractivity contribution in [2.45, 2.75) is 39.2 Å². The maximum Gasteiger partial charge on any atom is 0.227 e. The predicted molar refractivity (Wildman–Crippen MR) is 85.4 cm³/mol. The van der Waals surface area contributed by atoms with Gasteiger partial charge in [-0.1, -0.05) is 6.92 Å². The Labute approximate surface area is 128 Å². The van der Waals surface area contributed by atoms with Gasteiger partial charge < -0.3 is 14.8 Å². The second-order valence-electron chi connectivity index (χ2n) is 5.11. The van der Waals surface area contributed by atoms with E-state index < -0.39 is 0 Å². The van der Waals surface area contributed by atoms with Crippen molar-refractivity contribution in [3.63, 3.8) is 0 Å². The molecule has 1 aliphatic heterocycles. The Hall–Kier alpha value is -1.40. The smallest absolute Gasteiger partial charge is 0.227 e. The van der Waals surface area contributed by atoms with E-state index in [1.807, 2.05) is 6.92 Å². The maximum atomic E-state index is 5.94. The molecule has 2 aromatic rings. The lowest BCUT2D eigenvalue weighted by molar-refractivity contribution is 0.0669. The molecule has 0 spiro atoms. The molecule has 0 amide bonds. The average Bonchev–Trinajstić information content (AvgIpc) is 3.14. The SMILES string of the molecule is CCNc1nc(OCC2CCCO2)c2cc(CC)sc2n1. The number of ether oxygens (including phenoxy) is 2. The van der Waals surface area contributed by atoms with Gasteiger partial charge in [0.05, 0.1) is 11.5 Å². The Morgan fingerprint density at radius 2 is 2.33 bits per heavy atom. The molecule has 1 saturated heterocycles. The van der Waals surface area contributed by atoms with E-state index in [0.717, 1.165) is 42.6 Å². The fourth-order valence-electron chi connectivity index (χ4n) is 2.41. The standard InChI is InChI=1S/C15H21N3O2S/c1-3-11-8-12-13(20-9-10-6-5-7-19-10)17-15(16-4-2)18-14(12)21-11/h8,10H,3-7,9H2,1-2H3,(H,16,17,18). The zero-order valence-electron chi connectivity index (χ0n) is 12.5. The summed E-state index contributed by atoms with van der Waals surface area (Å²) in [5.41, 5.74) is 0. The summed E-state index contributed by atoms with van der Waals surface area (Å²) in [6.45, 7) is 6.38. The number of nitrogens with zero attached hydrogens (tertiary/aromatic N) is 2. The van der Waals surface area contributed by atoms with Crippen molar-refractivity contribution in [2.24, 2.45) is 0 Å². The second-order valence-corrected chi connectivity index (χ2v) is 6.23. The van der Waals surface area contributed by atoms with Crippen molar-refractivity contribution >= 4 is 27.5 Å². The third kappa shape index (κ3) is 3.27. The van der Waals surface area contributed by atoms with E-state index in [-0.39, 0.29) is 6.10 Å². The number of aryl methyl sites for hydroxylation is 1. The molecule has 1 N–H and O–H groups in total. The summed E-state index contributed by atoms with van der Waals surface area (Å²) in [5, 5.41) is 4.18. The molecule has 114 valence electrons. The lowest BCUT2D eigenvalue weighted by Gasteiger charge is -2.12. The van der Waals surface area contributed by atoms with Crippen LogP contribution in [0, 0.1) is 0 Å². The highest BCUT2D eigenvalue weighted by Crippen LogP contribution is 2.32. The van der Waals surface area contributed by atoms with E-state index in [1.165, 1.54) is 4.88 Å². The number of aromatic nitrogens is 2. The van der Waals surface area contributed by atoms with Gasteiger partial charge in [0.2, 0.25) is 11.8 Å². The molecule has 3 rings (SSSR count). The Morgan fingerprint density at radius 3 is 3.05 bits per heavy atom. The van der Waals surface area contributed by atoms with Crippen molar-refractivity contribution in [2.75, 3.05) is 25.1 Å². The number of hydrogen-bond donors (Lipinski definition) is 1. The van der Waals surface area contributed by atoms with Gasteiger partial charge in [0.25, 0.3) is 0 Å². The third-order valence-corrected chi connectivity index (χ3v) is 4.70. The zero-order valence-corrected chi connectivity index (χ0v) is 13.3. The van der Waals surface area contributed by atoms with Gasteiger partial charge >= 0.3 is 0 Å². The van der Waals surface area contributed by atoms with Crippen molar-refractivity contribution in [1.29, 1.82) is 0 Å². The average molecular weight is 307 g/mol. The fraction of sp³-hybridized carbons (Fsp3) is 0.600. The van der Waals surface area contributed by atoms with Crippen LogP contribution in [-0.4, -0.2) is 35.8 Å². The quantitative estimate of drug-likeness (QED) is 0.888. The molecule has 1 aliphatic rings. The van der Waals surface area contributed by atoms with Crippen LogP contribution in [0.1, 0.15) is 31.6 Å². The highest BCUT2D eigenvalue weighted by molar-refractivity contribution is 7.18. The van der Waals surface area contributed by atoms with Crippen LogP contribution in [0.5, 0.6) is 5.88 Å². The molecule has 1 unspecified atom stereocenters. The van der Waals surface area contributed by atoms with Crippen LogP contribution in [-0.2, 0) is 11.2 Å². The van der Waals surface area contributed by atoms with E-state index in [2.05, 4.69) is 28.3 Å². The van der Waals surface area contributed by atoms with Crippen molar-refractivity contribution in [3.8, 4) is 5.88 Å². The van der Waals surface area contributed by atoms with Crippen LogP contribution in [0.3, 0.4) is 0 Å². The fourth-order valence-corrected chi connectivity index (χ4v) is 3.37. The van der Waals surface area contributed by atoms with Crippen LogP contribution in [0.4, 0.5) is 5.95 Å². The number of thiophene rings is 1. The number of fused-ring (bicyclic) bond motifs is 1. The minimum atomic E-state index is 0.196. The Bertz CT molecular complexity index is 608. The number of anilines is 1. The van der Waals surface area contributed by atoms with Crippen LogP contribution in [0.2, 0.25) is 0 Å². The summed E-state index contributed by atoms with van der Waals surface area (Å²) in [7, 11) is 0. The van der Waals surface area contributed by atoms with Gasteiger partial charge in [-0.15, -0.1) is 11.3 Å². The summed E-state index contributed by atoms with van der Waals surface area (Å²) in [6, 6.07) is 2.14. The first-order chi connectivity index (χ1) is 10.3. The van der Waals surface area contributed by atoms with Gasteiger partial charge in [-0.3, -0.25) is 0 Å². The lowest BCUT2D eigenvalue weighted by Crippen LogP contribution is -2.17. The van der Waals surface area contributed by atoms with E-state index in [1.54, 1.807) is 11.3 Å². The van der Waals surface area contributed by atoms with Crippen molar-refractivity contribution in [1.82, 2.24) is 9.97 Å². The maximum absolute atomic E-state index is 5.94. The summed E-state index contributed by atoms with van der Waals surface area (Å²) < 4.78 is 11.5. The first-order valence-corrected chi connectivity index (χ1v) is 8.40. The van der Waals surface area contributed by atoms with Gasteiger partial charge in [0.1, 0.15) is 11.4 Å². The van der Waals surface area contributed by atoms with Gasteiger partial charge in [0.15, 0.2) is 0 Å². The van der Waals surface area contributed by atoms with Crippen LogP contribution in [0.25, 0.3) is 10.2 Å². The molecule has 1 fully saturated rings. The number of nitrogens with one attached hydrogen (secondary N) is 1. The summed E-state index contributed by atoms with van der Waals surface area (Å²) >= 11 is 1.71. The highest BCUT2D eigenvalue weighted by Gasteiger charge is 2.18. The molecule has 21 heavy (non-hydrogen) atoms. The molecule has 2 aromatic heterocycles. The molecule has 1 atom stereocenters. The molecule has 6 heteroatoms. The summed E-state index contributed by atoms with van der Waals surface area (Å²) in [4.78, 5) is 11.4. The summed E-state index contributed by atoms with van der Waals surface area (Å²) in [6.07, 6.45) is 3.39. The van der Waals surface area contributed by atoms with E-state index in [4.69, 9.17) is 9.47 Å². The minimum absolute atomic E-state index is 0.196. The van der Waals surface area contributed by atoms with Crippen molar-refractivity contribution in [3.05, 3.63) is 10.9 Å². The molecule has 0 bridgehead atoms. The first kappa shape index (κ1) is 14.5. The molecule has 0 radical (unpaired) electrons. The van der Waals surface area contributed by atoms with Crippen LogP contribution < -0.4 is 10.1 Å². The molecule has 0 aliphatic carbocycles. The second kappa shape index (κ2) is 6.58. The van der Waals surface area contributed by atoms with Crippen molar-refractivity contribution < 1.29 is 9.47 Å². The molecular weight excluding hydrogens is 286 g/mol. The molecular formula is C15H21N3O2S. The van der Waals surface area contributed by atoms with Gasteiger partial charge in [-0.05, 0) is 32.3 Å². The topological polar surface area (TPSA) is 56.3 Å². The lowest BCUT2D eigenvalue weighted by atomic mass is 10.2. The molecule has 0 saturated carbocycles. The first-order valence-electron chi connectivity index (χ1n) is 7.59. The Morgan fingerprint density at radius 1 is 1.43 bits per heavy atom. The summed E-state index contributed by atoms with van der Waals surface area (Å²) in [5.74, 6) is 1.30. The van der Waals surface area contributed by atoms with E-state index in [0.29, 0.717) is 18.4 Å². The van der Waals surface area contributed by atoms with E-state index in [9.17, 15) is 0 Å². The molecule has 3 heterocycles. The normalized spacial score (nSPS) is 18.3. The van der Waals surface area contributed by atoms with Gasteiger partial charge in [-0.25, -0.2) is 4.98 Å². The monoisotopic (exact) mass is 307 g/mol. The third-order valence-electron chi connectivity index (χ3n) is 3.52. The highest BCUT2D eigenvalue weighted by atomic mass is 32.1. The number of rotatable bonds is 6. The minimum Gasteiger partial charge on any atom is -0.474 e.